The fourth-order valence-corrected chi connectivity index (χ4v) is 5.36. The first kappa shape index (κ1) is 33.5. The van der Waals surface area contributed by atoms with Crippen LogP contribution in [0.15, 0.2) is 90.3 Å². The van der Waals surface area contributed by atoms with E-state index in [2.05, 4.69) is 34.8 Å². The van der Waals surface area contributed by atoms with Crippen molar-refractivity contribution in [3.05, 3.63) is 118 Å². The largest absolute Gasteiger partial charge is 0.457 e. The third-order valence-electron chi connectivity index (χ3n) is 6.15. The molecule has 1 aromatic heterocycles. The third-order valence-corrected chi connectivity index (χ3v) is 7.33. The van der Waals surface area contributed by atoms with Gasteiger partial charge < -0.3 is 20.3 Å². The van der Waals surface area contributed by atoms with E-state index in [4.69, 9.17) is 20.3 Å². The summed E-state index contributed by atoms with van der Waals surface area (Å²) in [5.74, 6) is 3.32. The molecule has 224 valence electrons. The van der Waals surface area contributed by atoms with Gasteiger partial charge in [-0.15, -0.1) is 11.3 Å². The van der Waals surface area contributed by atoms with Crippen LogP contribution in [0.3, 0.4) is 0 Å². The number of alkyl halides is 1. The zero-order valence-electron chi connectivity index (χ0n) is 25.1. The van der Waals surface area contributed by atoms with E-state index in [1.165, 1.54) is 11.3 Å². The maximum Gasteiger partial charge on any atom is 0.180 e. The highest BCUT2D eigenvalue weighted by molar-refractivity contribution is 9.09. The predicted molar refractivity (Wildman–Crippen MR) is 181 cm³/mol. The van der Waals surface area contributed by atoms with Gasteiger partial charge in [-0.3, -0.25) is 4.79 Å². The number of rotatable bonds is 7. The quantitative estimate of drug-likeness (QED) is 0.133. The van der Waals surface area contributed by atoms with Gasteiger partial charge in [0.2, 0.25) is 0 Å². The smallest absolute Gasteiger partial charge is 0.180 e. The van der Waals surface area contributed by atoms with E-state index in [9.17, 15) is 4.79 Å². The van der Waals surface area contributed by atoms with Crippen molar-refractivity contribution in [1.29, 1.82) is 0 Å². The molecule has 6 nitrogen and oxygen atoms in total. The van der Waals surface area contributed by atoms with Crippen LogP contribution in [0.4, 0.5) is 5.13 Å². The number of hydrogen-bond donors (Lipinski definition) is 2. The van der Waals surface area contributed by atoms with Gasteiger partial charge in [0, 0.05) is 23.1 Å². The summed E-state index contributed by atoms with van der Waals surface area (Å²) in [5, 5.41) is 10.5. The average Bonchev–Trinajstić information content (AvgIpc) is 3.39. The van der Waals surface area contributed by atoms with Crippen LogP contribution in [-0.2, 0) is 0 Å². The molecule has 0 aliphatic rings. The fourth-order valence-electron chi connectivity index (χ4n) is 4.53. The van der Waals surface area contributed by atoms with Crippen molar-refractivity contribution < 1.29 is 19.4 Å². The molecule has 0 aliphatic carbocycles. The lowest BCUT2D eigenvalue weighted by atomic mass is 9.99. The first-order valence-electron chi connectivity index (χ1n) is 13.8. The number of nitrogen functional groups attached to an aromatic ring is 1. The molecule has 0 bridgehead atoms. The highest BCUT2D eigenvalue weighted by Crippen LogP contribution is 2.34. The Kier molecular flexibility index (Phi) is 12.9. The highest BCUT2D eigenvalue weighted by Gasteiger charge is 2.13. The Morgan fingerprint density at radius 2 is 1.21 bits per heavy atom. The molecule has 1 heterocycles. The lowest BCUT2D eigenvalue weighted by Gasteiger charge is -2.12. The number of thiazole rings is 1. The molecule has 0 saturated carbocycles. The van der Waals surface area contributed by atoms with Gasteiger partial charge in [0.05, 0.1) is 11.0 Å². The summed E-state index contributed by atoms with van der Waals surface area (Å²) in [6.45, 7) is 9.92. The normalized spacial score (nSPS) is 10.1. The van der Waals surface area contributed by atoms with Crippen LogP contribution < -0.4 is 15.2 Å². The van der Waals surface area contributed by atoms with Crippen LogP contribution in [0.2, 0.25) is 0 Å². The SMILES string of the molecule is CCO.Cc1cc(Oc2ccccc2)cc(C)c1-c1csc(N)n1.Cc1cc(Oc2ccccc2)cc(C)c1C(=O)CBr. The number of para-hydroxylation sites is 2. The Balaban J connectivity index is 0.000000217. The topological polar surface area (TPSA) is 94.7 Å². The first-order valence-corrected chi connectivity index (χ1v) is 15.8. The van der Waals surface area contributed by atoms with Crippen molar-refractivity contribution in [2.24, 2.45) is 0 Å². The van der Waals surface area contributed by atoms with Crippen molar-refractivity contribution in [3.8, 4) is 34.3 Å². The minimum atomic E-state index is 0.0984. The zero-order chi connectivity index (χ0) is 31.4. The molecule has 4 aromatic carbocycles. The summed E-state index contributed by atoms with van der Waals surface area (Å²) in [5.41, 5.74) is 12.7. The molecule has 8 heteroatoms. The summed E-state index contributed by atoms with van der Waals surface area (Å²) in [6, 6.07) is 27.3. The number of carbonyl (C=O) groups excluding carboxylic acids is 1. The number of halogens is 1. The number of carbonyl (C=O) groups is 1. The molecule has 0 radical (unpaired) electrons. The second-order valence-electron chi connectivity index (χ2n) is 9.64. The number of aryl methyl sites for hydroxylation is 4. The zero-order valence-corrected chi connectivity index (χ0v) is 27.5. The standard InChI is InChI=1S/C17H16N2OS.C16H15BrO2.C2H6O/c1-11-8-14(20-13-6-4-3-5-7-13)9-12(2)16(11)15-10-21-17(18)19-15;1-11-8-14(19-13-6-4-3-5-7-13)9-12(2)16(11)15(18)10-17;1-2-3/h3-10H,1-2H3,(H2,18,19);3-9H,10H2,1-2H3;3H,2H2,1H3. The predicted octanol–water partition coefficient (Wildman–Crippen LogP) is 9.47. The van der Waals surface area contributed by atoms with Gasteiger partial charge >= 0.3 is 0 Å². The first-order chi connectivity index (χ1) is 20.7. The Morgan fingerprint density at radius 1 is 0.791 bits per heavy atom. The van der Waals surface area contributed by atoms with Crippen LogP contribution in [0.5, 0.6) is 23.0 Å². The number of anilines is 1. The summed E-state index contributed by atoms with van der Waals surface area (Å²) in [7, 11) is 0. The summed E-state index contributed by atoms with van der Waals surface area (Å²) >= 11 is 4.67. The van der Waals surface area contributed by atoms with E-state index < -0.39 is 0 Å². The molecule has 0 saturated heterocycles. The Bertz CT molecular complexity index is 1580. The molecule has 43 heavy (non-hydrogen) atoms. The van der Waals surface area contributed by atoms with Crippen LogP contribution in [0, 0.1) is 27.7 Å². The van der Waals surface area contributed by atoms with Gasteiger partial charge in [-0.25, -0.2) is 4.98 Å². The van der Waals surface area contributed by atoms with Crippen molar-refractivity contribution in [2.75, 3.05) is 17.7 Å². The molecular weight excluding hydrogens is 624 g/mol. The Labute approximate surface area is 266 Å². The maximum absolute atomic E-state index is 11.8. The lowest BCUT2D eigenvalue weighted by Crippen LogP contribution is -2.05. The molecule has 3 N–H and O–H groups in total. The van der Waals surface area contributed by atoms with Crippen molar-refractivity contribution in [2.45, 2.75) is 34.6 Å². The fraction of sp³-hybridized carbons (Fsp3) is 0.200. The van der Waals surface area contributed by atoms with E-state index in [1.807, 2.05) is 104 Å². The molecular formula is C35H37BrN2O4S. The van der Waals surface area contributed by atoms with Crippen molar-refractivity contribution in [3.63, 3.8) is 0 Å². The van der Waals surface area contributed by atoms with E-state index in [0.29, 0.717) is 10.5 Å². The van der Waals surface area contributed by atoms with Crippen LogP contribution in [-0.4, -0.2) is 27.8 Å². The van der Waals surface area contributed by atoms with Crippen molar-refractivity contribution in [1.82, 2.24) is 4.98 Å². The van der Waals surface area contributed by atoms with Gasteiger partial charge in [-0.2, -0.15) is 0 Å². The van der Waals surface area contributed by atoms with E-state index in [-0.39, 0.29) is 12.4 Å². The van der Waals surface area contributed by atoms with Crippen LogP contribution in [0.1, 0.15) is 39.5 Å². The molecule has 0 atom stereocenters. The molecule has 0 fully saturated rings. The second kappa shape index (κ2) is 16.6. The van der Waals surface area contributed by atoms with Gasteiger partial charge in [0.1, 0.15) is 23.0 Å². The third kappa shape index (κ3) is 9.78. The summed E-state index contributed by atoms with van der Waals surface area (Å²) in [4.78, 5) is 16.2. The van der Waals surface area contributed by atoms with E-state index >= 15 is 0 Å². The minimum Gasteiger partial charge on any atom is -0.457 e. The summed E-state index contributed by atoms with van der Waals surface area (Å²) in [6.07, 6.45) is 0. The van der Waals surface area contributed by atoms with Crippen LogP contribution in [0.25, 0.3) is 11.3 Å². The van der Waals surface area contributed by atoms with Gasteiger partial charge in [-0.05, 0) is 105 Å². The second-order valence-corrected chi connectivity index (χ2v) is 11.1. The van der Waals surface area contributed by atoms with Crippen LogP contribution >= 0.6 is 27.3 Å². The van der Waals surface area contributed by atoms with E-state index in [0.717, 1.165) is 62.1 Å². The monoisotopic (exact) mass is 660 g/mol. The number of hydrogen-bond acceptors (Lipinski definition) is 7. The minimum absolute atomic E-state index is 0.0984. The molecule has 0 spiro atoms. The number of aromatic nitrogens is 1. The van der Waals surface area contributed by atoms with E-state index in [1.54, 1.807) is 6.92 Å². The number of aliphatic hydroxyl groups is 1. The number of benzene rings is 4. The molecule has 0 unspecified atom stereocenters. The maximum atomic E-state index is 11.8. The summed E-state index contributed by atoms with van der Waals surface area (Å²) < 4.78 is 11.7. The molecule has 5 aromatic rings. The Morgan fingerprint density at radius 3 is 1.58 bits per heavy atom. The number of Topliss-reactive ketones (excluding diaryl/α,β-unsaturated/α-hetero) is 1. The number of aliphatic hydroxyl groups excluding tert-OH is 1. The number of ether oxygens (including phenoxy) is 2. The van der Waals surface area contributed by atoms with Crippen molar-refractivity contribution >= 4 is 38.2 Å². The number of nitrogens with zero attached hydrogens (tertiary/aromatic N) is 1. The highest BCUT2D eigenvalue weighted by atomic mass is 79.9. The average molecular weight is 662 g/mol. The Hall–Kier alpha value is -3.98. The number of ketones is 1. The van der Waals surface area contributed by atoms with Gasteiger partial charge in [0.15, 0.2) is 10.9 Å². The molecule has 5 rings (SSSR count). The van der Waals surface area contributed by atoms with Gasteiger partial charge in [0.25, 0.3) is 0 Å². The van der Waals surface area contributed by atoms with Gasteiger partial charge in [-0.1, -0.05) is 52.3 Å². The molecule has 0 amide bonds. The number of nitrogens with two attached hydrogens (primary N) is 1. The molecule has 0 aliphatic heterocycles. The lowest BCUT2D eigenvalue weighted by molar-refractivity contribution is 0.102.